The first kappa shape index (κ1) is 14.2. The number of halogens is 1. The summed E-state index contributed by atoms with van der Waals surface area (Å²) in [5, 5.41) is 13.0. The van der Waals surface area contributed by atoms with Gasteiger partial charge in [-0.3, -0.25) is 14.9 Å². The highest BCUT2D eigenvalue weighted by Crippen LogP contribution is 2.16. The summed E-state index contributed by atoms with van der Waals surface area (Å²) >= 11 is 3.11. The van der Waals surface area contributed by atoms with Crippen LogP contribution >= 0.6 is 15.9 Å². The second kappa shape index (κ2) is 6.75. The van der Waals surface area contributed by atoms with Crippen molar-refractivity contribution in [1.29, 1.82) is 0 Å². The van der Waals surface area contributed by atoms with E-state index < -0.39 is 4.92 Å². The van der Waals surface area contributed by atoms with E-state index in [4.69, 9.17) is 4.74 Å². The van der Waals surface area contributed by atoms with Gasteiger partial charge in [0.1, 0.15) is 5.75 Å². The standard InChI is InChI=1S/C11H11BrN2O4/c1-8(12)6-13-11(15)7-18-10-4-2-9(3-5-10)14(16)17/h2-5H,1,6-7H2,(H,13,15). The molecule has 0 spiro atoms. The molecule has 0 aliphatic rings. The summed E-state index contributed by atoms with van der Waals surface area (Å²) in [4.78, 5) is 21.2. The number of nitro benzene ring substituents is 1. The highest BCUT2D eigenvalue weighted by molar-refractivity contribution is 9.11. The van der Waals surface area contributed by atoms with E-state index in [9.17, 15) is 14.9 Å². The lowest BCUT2D eigenvalue weighted by atomic mass is 10.3. The second-order valence-corrected chi connectivity index (χ2v) is 4.46. The van der Waals surface area contributed by atoms with Crippen LogP contribution in [0.1, 0.15) is 0 Å². The van der Waals surface area contributed by atoms with Gasteiger partial charge in [0.15, 0.2) is 6.61 Å². The van der Waals surface area contributed by atoms with Crippen molar-refractivity contribution < 1.29 is 14.5 Å². The molecule has 1 amide bonds. The molecule has 1 aromatic carbocycles. The molecule has 0 saturated heterocycles. The zero-order valence-electron chi connectivity index (χ0n) is 9.39. The van der Waals surface area contributed by atoms with Crippen LogP contribution in [0.4, 0.5) is 5.69 Å². The zero-order valence-corrected chi connectivity index (χ0v) is 11.0. The summed E-state index contributed by atoms with van der Waals surface area (Å²) in [7, 11) is 0. The maximum absolute atomic E-state index is 11.3. The maximum atomic E-state index is 11.3. The lowest BCUT2D eigenvalue weighted by molar-refractivity contribution is -0.384. The number of nitrogens with zero attached hydrogens (tertiary/aromatic N) is 1. The molecule has 0 unspecified atom stereocenters. The van der Waals surface area contributed by atoms with Gasteiger partial charge in [-0.2, -0.15) is 0 Å². The molecular weight excluding hydrogens is 304 g/mol. The molecule has 0 aromatic heterocycles. The van der Waals surface area contributed by atoms with Crippen LogP contribution < -0.4 is 10.1 Å². The Morgan fingerprint density at radius 2 is 2.06 bits per heavy atom. The van der Waals surface area contributed by atoms with Gasteiger partial charge in [0.25, 0.3) is 11.6 Å². The fraction of sp³-hybridized carbons (Fsp3) is 0.182. The Morgan fingerprint density at radius 3 is 2.56 bits per heavy atom. The predicted octanol–water partition coefficient (Wildman–Crippen LogP) is 2.00. The number of nitrogens with one attached hydrogen (secondary N) is 1. The van der Waals surface area contributed by atoms with Gasteiger partial charge in [-0.25, -0.2) is 0 Å². The third-order valence-electron chi connectivity index (χ3n) is 1.89. The number of hydrogen-bond donors (Lipinski definition) is 1. The third-order valence-corrected chi connectivity index (χ3v) is 2.18. The molecule has 0 heterocycles. The van der Waals surface area contributed by atoms with Crippen molar-refractivity contribution in [2.45, 2.75) is 0 Å². The van der Waals surface area contributed by atoms with Gasteiger partial charge >= 0.3 is 0 Å². The van der Waals surface area contributed by atoms with Crippen LogP contribution in [0, 0.1) is 10.1 Å². The Labute approximate surface area is 112 Å². The average molecular weight is 315 g/mol. The lowest BCUT2D eigenvalue weighted by Gasteiger charge is -2.06. The van der Waals surface area contributed by atoms with Gasteiger partial charge < -0.3 is 10.1 Å². The number of rotatable bonds is 6. The monoisotopic (exact) mass is 314 g/mol. The molecular formula is C11H11BrN2O4. The number of carbonyl (C=O) groups is 1. The topological polar surface area (TPSA) is 81.5 Å². The predicted molar refractivity (Wildman–Crippen MR) is 69.7 cm³/mol. The number of ether oxygens (including phenoxy) is 1. The Balaban J connectivity index is 2.41. The van der Waals surface area contributed by atoms with Crippen molar-refractivity contribution in [2.75, 3.05) is 13.2 Å². The van der Waals surface area contributed by atoms with Crippen LogP contribution in [-0.4, -0.2) is 24.0 Å². The van der Waals surface area contributed by atoms with Gasteiger partial charge in [-0.1, -0.05) is 22.5 Å². The first-order valence-electron chi connectivity index (χ1n) is 4.96. The van der Waals surface area contributed by atoms with Crippen molar-refractivity contribution in [1.82, 2.24) is 5.32 Å². The van der Waals surface area contributed by atoms with E-state index >= 15 is 0 Å². The molecule has 0 aliphatic heterocycles. The Bertz CT molecular complexity index is 459. The van der Waals surface area contributed by atoms with Gasteiger partial charge in [0, 0.05) is 23.2 Å². The molecule has 7 heteroatoms. The van der Waals surface area contributed by atoms with E-state index in [1.54, 1.807) is 0 Å². The lowest BCUT2D eigenvalue weighted by Crippen LogP contribution is -2.29. The first-order chi connectivity index (χ1) is 8.49. The number of nitro groups is 1. The van der Waals surface area contributed by atoms with E-state index in [1.807, 2.05) is 0 Å². The van der Waals surface area contributed by atoms with Crippen molar-refractivity contribution in [3.63, 3.8) is 0 Å². The van der Waals surface area contributed by atoms with Gasteiger partial charge in [-0.05, 0) is 12.1 Å². The average Bonchev–Trinajstić information content (AvgIpc) is 2.34. The van der Waals surface area contributed by atoms with Gasteiger partial charge in [-0.15, -0.1) is 0 Å². The number of hydrogen-bond acceptors (Lipinski definition) is 4. The van der Waals surface area contributed by atoms with E-state index in [-0.39, 0.29) is 18.2 Å². The van der Waals surface area contributed by atoms with Crippen molar-refractivity contribution in [3.8, 4) is 5.75 Å². The molecule has 0 radical (unpaired) electrons. The smallest absolute Gasteiger partial charge is 0.269 e. The minimum atomic E-state index is -0.502. The van der Waals surface area contributed by atoms with Crippen molar-refractivity contribution in [3.05, 3.63) is 45.4 Å². The van der Waals surface area contributed by atoms with Crippen LogP contribution in [0.3, 0.4) is 0 Å². The van der Waals surface area contributed by atoms with E-state index in [2.05, 4.69) is 27.8 Å². The Morgan fingerprint density at radius 1 is 1.44 bits per heavy atom. The minimum Gasteiger partial charge on any atom is -0.484 e. The highest BCUT2D eigenvalue weighted by Gasteiger charge is 2.06. The molecule has 1 N–H and O–H groups in total. The van der Waals surface area contributed by atoms with Crippen LogP contribution in [0.15, 0.2) is 35.3 Å². The molecule has 1 aromatic rings. The van der Waals surface area contributed by atoms with Crippen LogP contribution in [0.2, 0.25) is 0 Å². The third kappa shape index (κ3) is 4.96. The normalized spacial score (nSPS) is 9.61. The SMILES string of the molecule is C=C(Br)CNC(=O)COc1ccc([N+](=O)[O-])cc1. The van der Waals surface area contributed by atoms with E-state index in [0.29, 0.717) is 16.8 Å². The molecule has 0 saturated carbocycles. The summed E-state index contributed by atoms with van der Waals surface area (Å²) in [6.07, 6.45) is 0. The molecule has 0 fully saturated rings. The number of carbonyl (C=O) groups excluding carboxylic acids is 1. The fourth-order valence-electron chi connectivity index (χ4n) is 1.06. The summed E-state index contributed by atoms with van der Waals surface area (Å²) in [5.41, 5.74) is -0.0256. The quantitative estimate of drug-likeness (QED) is 0.643. The zero-order chi connectivity index (χ0) is 13.5. The summed E-state index contributed by atoms with van der Waals surface area (Å²) in [6, 6.07) is 5.50. The molecule has 18 heavy (non-hydrogen) atoms. The Kier molecular flexibility index (Phi) is 5.31. The minimum absolute atomic E-state index is 0.0256. The second-order valence-electron chi connectivity index (χ2n) is 3.33. The van der Waals surface area contributed by atoms with Crippen molar-refractivity contribution in [2.24, 2.45) is 0 Å². The Hall–Kier alpha value is -1.89. The molecule has 0 bridgehead atoms. The van der Waals surface area contributed by atoms with Gasteiger partial charge in [0.05, 0.1) is 4.92 Å². The van der Waals surface area contributed by atoms with Crippen LogP contribution in [0.5, 0.6) is 5.75 Å². The number of amides is 1. The van der Waals surface area contributed by atoms with E-state index in [1.165, 1.54) is 24.3 Å². The fourth-order valence-corrected chi connectivity index (χ4v) is 1.20. The maximum Gasteiger partial charge on any atom is 0.269 e. The van der Waals surface area contributed by atoms with E-state index in [0.717, 1.165) is 0 Å². The van der Waals surface area contributed by atoms with Crippen LogP contribution in [0.25, 0.3) is 0 Å². The molecule has 96 valence electrons. The summed E-state index contributed by atoms with van der Waals surface area (Å²) in [6.45, 7) is 3.74. The largest absolute Gasteiger partial charge is 0.484 e. The number of benzene rings is 1. The van der Waals surface area contributed by atoms with Gasteiger partial charge in [0.2, 0.25) is 0 Å². The summed E-state index contributed by atoms with van der Waals surface area (Å²) < 4.78 is 5.81. The number of non-ortho nitro benzene ring substituents is 1. The molecule has 0 aliphatic carbocycles. The highest BCUT2D eigenvalue weighted by atomic mass is 79.9. The van der Waals surface area contributed by atoms with Crippen LogP contribution in [-0.2, 0) is 4.79 Å². The molecule has 0 atom stereocenters. The summed E-state index contributed by atoms with van der Waals surface area (Å²) in [5.74, 6) is 0.0994. The first-order valence-corrected chi connectivity index (χ1v) is 5.75. The molecule has 6 nitrogen and oxygen atoms in total. The van der Waals surface area contributed by atoms with Crippen molar-refractivity contribution >= 4 is 27.5 Å². The molecule has 1 rings (SSSR count).